The van der Waals surface area contributed by atoms with Crippen molar-refractivity contribution in [2.24, 2.45) is 17.6 Å². The number of carboxylic acids is 4. The minimum absolute atomic E-state index is 0.128. The summed E-state index contributed by atoms with van der Waals surface area (Å²) in [7, 11) is 0. The quantitative estimate of drug-likeness (QED) is 0.0320. The number of fused-ring (bicyclic) bond motifs is 1. The number of nitrogens with two attached hydrogens (primary N) is 1. The molecule has 0 spiro atoms. The molecule has 0 saturated carbocycles. The number of aliphatic carboxylic acids is 4. The highest BCUT2D eigenvalue weighted by Gasteiger charge is 2.38. The highest BCUT2D eigenvalue weighted by Crippen LogP contribution is 2.21. The first-order chi connectivity index (χ1) is 38.9. The van der Waals surface area contributed by atoms with E-state index in [1.807, 2.05) is 0 Å². The molecule has 83 heavy (non-hydrogen) atoms. The van der Waals surface area contributed by atoms with Gasteiger partial charge in [0.15, 0.2) is 0 Å². The van der Waals surface area contributed by atoms with Crippen LogP contribution >= 0.6 is 0 Å². The molecule has 9 amide bonds. The summed E-state index contributed by atoms with van der Waals surface area (Å²) in [4.78, 5) is 174. The molecule has 17 N–H and O–H groups in total. The number of nitrogens with one attached hydrogen (secondary N) is 10. The molecule has 454 valence electrons. The van der Waals surface area contributed by atoms with E-state index in [0.717, 1.165) is 6.92 Å². The lowest BCUT2D eigenvalue weighted by Crippen LogP contribution is -2.62. The number of rotatable bonds is 34. The molecule has 11 atom stereocenters. The molecule has 2 aromatic carbocycles. The summed E-state index contributed by atoms with van der Waals surface area (Å²) in [5.41, 5.74) is 7.03. The molecule has 0 bridgehead atoms. The van der Waals surface area contributed by atoms with Gasteiger partial charge in [0.25, 0.3) is 0 Å². The van der Waals surface area contributed by atoms with Gasteiger partial charge in [-0.05, 0) is 74.8 Å². The standard InChI is InChI=1S/C54H75N11O18/c1-8-26(4)44(65-52(80)43(25(2)3)64-48(76)36(18-20-41(69)70)60-47(75)35(17-19-40(67)68)59-46(74)28(6)57-45(73)27(5)55)53(81)63-38(22-31-24-56-34-12-10-9-11-33(31)34)50(78)62-39(23-42(71)72)51(79)61-37(49(77)58-29(7)54(82)83)21-30-13-15-32(66)16-14-30/h9-16,24-29,35-39,43-44,56,66H,8,17-23,55H2,1-7H3,(H,57,73)(H,58,77)(H,59,74)(H,60,75)(H,61,79)(H,62,78)(H,63,81)(H,64,76)(H,65,80)(H,67,68)(H,69,70)(H,71,72)(H,82,83)/t26-,27-,28-,29-,35-,36-,37-,38-,39-,43-,44-/m0/s1. The van der Waals surface area contributed by atoms with Gasteiger partial charge >= 0.3 is 23.9 Å². The van der Waals surface area contributed by atoms with Crippen LogP contribution in [-0.2, 0) is 75.2 Å². The van der Waals surface area contributed by atoms with E-state index in [4.69, 9.17) is 5.73 Å². The lowest BCUT2D eigenvalue weighted by molar-refractivity contribution is -0.143. The van der Waals surface area contributed by atoms with Gasteiger partial charge in [-0.2, -0.15) is 0 Å². The number of aromatic hydroxyl groups is 1. The fourth-order valence-electron chi connectivity index (χ4n) is 8.16. The second-order valence-electron chi connectivity index (χ2n) is 20.4. The molecule has 0 fully saturated rings. The van der Waals surface area contributed by atoms with Gasteiger partial charge in [0.2, 0.25) is 53.2 Å². The number of hydrogen-bond acceptors (Lipinski definition) is 15. The zero-order valence-electron chi connectivity index (χ0n) is 46.9. The molecule has 1 aromatic heterocycles. The number of phenols is 1. The van der Waals surface area contributed by atoms with Crippen molar-refractivity contribution in [3.63, 3.8) is 0 Å². The summed E-state index contributed by atoms with van der Waals surface area (Å²) in [6.07, 6.45) is -2.34. The first kappa shape index (κ1) is 68.1. The van der Waals surface area contributed by atoms with Crippen LogP contribution in [0.5, 0.6) is 5.75 Å². The number of para-hydroxylation sites is 1. The summed E-state index contributed by atoms with van der Waals surface area (Å²) in [5.74, 6) is -16.5. The summed E-state index contributed by atoms with van der Waals surface area (Å²) >= 11 is 0. The van der Waals surface area contributed by atoms with Gasteiger partial charge in [-0.1, -0.05) is 64.4 Å². The van der Waals surface area contributed by atoms with E-state index in [-0.39, 0.29) is 25.0 Å². The molecule has 0 saturated heterocycles. The van der Waals surface area contributed by atoms with Crippen LogP contribution in [0.4, 0.5) is 0 Å². The van der Waals surface area contributed by atoms with Gasteiger partial charge < -0.3 is 84.1 Å². The van der Waals surface area contributed by atoms with Crippen molar-refractivity contribution in [3.8, 4) is 5.75 Å². The third-order valence-corrected chi connectivity index (χ3v) is 13.2. The van der Waals surface area contributed by atoms with Crippen molar-refractivity contribution in [1.82, 2.24) is 52.8 Å². The number of H-pyrrole nitrogens is 1. The van der Waals surface area contributed by atoms with E-state index in [1.54, 1.807) is 44.3 Å². The van der Waals surface area contributed by atoms with Gasteiger partial charge in [0.1, 0.15) is 60.1 Å². The predicted octanol–water partition coefficient (Wildman–Crippen LogP) is -1.60. The Balaban J connectivity index is 1.98. The van der Waals surface area contributed by atoms with Gasteiger partial charge in [0, 0.05) is 42.8 Å². The number of amides is 9. The smallest absolute Gasteiger partial charge is 0.325 e. The van der Waals surface area contributed by atoms with Crippen LogP contribution in [0.3, 0.4) is 0 Å². The van der Waals surface area contributed by atoms with Crippen LogP contribution in [0, 0.1) is 11.8 Å². The Morgan fingerprint density at radius 2 is 0.952 bits per heavy atom. The van der Waals surface area contributed by atoms with E-state index in [1.165, 1.54) is 52.0 Å². The van der Waals surface area contributed by atoms with Crippen molar-refractivity contribution in [2.75, 3.05) is 0 Å². The van der Waals surface area contributed by atoms with Crippen molar-refractivity contribution in [1.29, 1.82) is 0 Å². The molecular formula is C54H75N11O18. The summed E-state index contributed by atoms with van der Waals surface area (Å²) < 4.78 is 0. The zero-order chi connectivity index (χ0) is 62.4. The topological polar surface area (TPSA) is 473 Å². The van der Waals surface area contributed by atoms with Crippen molar-refractivity contribution in [2.45, 2.75) is 160 Å². The number of aromatic amines is 1. The molecule has 0 unspecified atom stereocenters. The van der Waals surface area contributed by atoms with Crippen molar-refractivity contribution in [3.05, 3.63) is 65.9 Å². The van der Waals surface area contributed by atoms with Gasteiger partial charge in [0.05, 0.1) is 12.5 Å². The van der Waals surface area contributed by atoms with Crippen LogP contribution in [0.1, 0.15) is 98.1 Å². The maximum absolute atomic E-state index is 14.6. The van der Waals surface area contributed by atoms with E-state index in [2.05, 4.69) is 52.8 Å². The fourth-order valence-corrected chi connectivity index (χ4v) is 8.16. The Morgan fingerprint density at radius 3 is 1.49 bits per heavy atom. The number of phenolic OH excluding ortho intramolecular Hbond substituents is 1. The summed E-state index contributed by atoms with van der Waals surface area (Å²) in [6, 6.07) is -2.91. The third-order valence-electron chi connectivity index (χ3n) is 13.2. The molecule has 0 aliphatic carbocycles. The molecule has 1 heterocycles. The molecule has 29 nitrogen and oxygen atoms in total. The van der Waals surface area contributed by atoms with E-state index in [0.29, 0.717) is 22.0 Å². The molecule has 0 aliphatic rings. The average Bonchev–Trinajstić information content (AvgIpc) is 4.13. The summed E-state index contributed by atoms with van der Waals surface area (Å²) in [5, 5.41) is 70.5. The molecule has 29 heteroatoms. The van der Waals surface area contributed by atoms with Crippen molar-refractivity contribution < 1.29 is 87.9 Å². The number of carbonyl (C=O) groups excluding carboxylic acids is 9. The van der Waals surface area contributed by atoms with Crippen LogP contribution in [0.25, 0.3) is 10.9 Å². The van der Waals surface area contributed by atoms with Crippen LogP contribution < -0.4 is 53.6 Å². The van der Waals surface area contributed by atoms with Crippen molar-refractivity contribution >= 4 is 87.9 Å². The molecule has 0 aliphatic heterocycles. The highest BCUT2D eigenvalue weighted by molar-refractivity contribution is 6.00. The van der Waals surface area contributed by atoms with E-state index < -0.39 is 181 Å². The minimum atomic E-state index is -1.93. The largest absolute Gasteiger partial charge is 0.508 e. The molecular weight excluding hydrogens is 1090 g/mol. The molecule has 0 radical (unpaired) electrons. The Labute approximate surface area is 476 Å². The third kappa shape index (κ3) is 22.0. The Hall–Kier alpha value is -9.15. The summed E-state index contributed by atoms with van der Waals surface area (Å²) in [6.45, 7) is 10.1. The molecule has 3 rings (SSSR count). The van der Waals surface area contributed by atoms with Crippen LogP contribution in [0.15, 0.2) is 54.7 Å². The van der Waals surface area contributed by atoms with Gasteiger partial charge in [-0.15, -0.1) is 0 Å². The normalized spacial score (nSPS) is 15.1. The zero-order valence-corrected chi connectivity index (χ0v) is 46.9. The predicted molar refractivity (Wildman–Crippen MR) is 294 cm³/mol. The highest BCUT2D eigenvalue weighted by atomic mass is 16.4. The maximum Gasteiger partial charge on any atom is 0.325 e. The van der Waals surface area contributed by atoms with Gasteiger partial charge in [-0.3, -0.25) is 62.3 Å². The Kier molecular flexibility index (Phi) is 26.5. The van der Waals surface area contributed by atoms with Crippen LogP contribution in [-0.4, -0.2) is 168 Å². The first-order valence-electron chi connectivity index (χ1n) is 26.6. The Bertz CT molecular complexity index is 2840. The number of aromatic nitrogens is 1. The van der Waals surface area contributed by atoms with Gasteiger partial charge in [-0.25, -0.2) is 0 Å². The second kappa shape index (κ2) is 32.3. The average molecular weight is 1170 g/mol. The van der Waals surface area contributed by atoms with E-state index in [9.17, 15) is 87.9 Å². The second-order valence-corrected chi connectivity index (χ2v) is 20.4. The minimum Gasteiger partial charge on any atom is -0.508 e. The maximum atomic E-state index is 14.6. The number of carboxylic acid groups (broad SMARTS) is 4. The SMILES string of the molecule is CC[C@H](C)[C@H](NC(=O)[C@@H](NC(=O)[C@H](CCC(=O)O)NC(=O)[C@H](CCC(=O)O)NC(=O)[C@H](C)NC(=O)[C@H](C)N)C(C)C)C(=O)N[C@@H](Cc1c[nH]c2ccccc12)C(=O)N[C@@H](CC(=O)O)C(=O)N[C@@H](Cc1ccc(O)cc1)C(=O)N[C@@H](C)C(=O)O. The number of carbonyl (C=O) groups is 13. The first-order valence-corrected chi connectivity index (χ1v) is 26.6. The monoisotopic (exact) mass is 1170 g/mol. The number of hydrogen-bond donors (Lipinski definition) is 16. The van der Waals surface area contributed by atoms with E-state index >= 15 is 0 Å². The van der Waals surface area contributed by atoms with Crippen LogP contribution in [0.2, 0.25) is 0 Å². The fraction of sp³-hybridized carbons (Fsp3) is 0.500. The lowest BCUT2D eigenvalue weighted by Gasteiger charge is -2.30. The molecule has 3 aromatic rings. The number of benzene rings is 2. The Morgan fingerprint density at radius 1 is 0.494 bits per heavy atom. The lowest BCUT2D eigenvalue weighted by atomic mass is 9.95.